The third kappa shape index (κ3) is 6.74. The molecular formula is C2H8GaNO8S2. The van der Waals surface area contributed by atoms with Crippen molar-refractivity contribution in [3.8, 4) is 0 Å². The third-order valence-electron chi connectivity index (χ3n) is 0.589. The third-order valence-corrected chi connectivity index (χ3v) is 9.19. The Balaban J connectivity index is 0.000000500. The van der Waals surface area contributed by atoms with Gasteiger partial charge in [-0.1, -0.05) is 0 Å². The Morgan fingerprint density at radius 3 is 1.93 bits per heavy atom. The van der Waals surface area contributed by atoms with E-state index >= 15 is 0 Å². The van der Waals surface area contributed by atoms with E-state index < -0.39 is 38.1 Å². The average Bonchev–Trinajstić information content (AvgIpc) is 1.80. The van der Waals surface area contributed by atoms with Gasteiger partial charge in [-0.15, -0.1) is 0 Å². The SMILES string of the molecule is C[NH2+]C.O=S(=O)([O-])[O][Ga]1[O]S(=O)(=O)[O]1. The van der Waals surface area contributed by atoms with Crippen molar-refractivity contribution in [1.29, 1.82) is 0 Å². The molecule has 1 aliphatic rings. The van der Waals surface area contributed by atoms with Gasteiger partial charge in [0.15, 0.2) is 0 Å². The van der Waals surface area contributed by atoms with Crippen LogP contribution in [0.3, 0.4) is 0 Å². The average molecular weight is 308 g/mol. The van der Waals surface area contributed by atoms with E-state index in [1.54, 1.807) is 0 Å². The summed E-state index contributed by atoms with van der Waals surface area (Å²) in [6.45, 7) is 0. The topological polar surface area (TPSA) is 136 Å². The van der Waals surface area contributed by atoms with E-state index in [9.17, 15) is 21.4 Å². The van der Waals surface area contributed by atoms with Crippen LogP contribution in [0, 0.1) is 0 Å². The summed E-state index contributed by atoms with van der Waals surface area (Å²) >= 11 is -3.68. The molecule has 2 N–H and O–H groups in total. The number of rotatable bonds is 2. The zero-order valence-corrected chi connectivity index (χ0v) is 11.3. The van der Waals surface area contributed by atoms with Crippen molar-refractivity contribution in [3.05, 3.63) is 0 Å². The molecule has 1 saturated heterocycles. The summed E-state index contributed by atoms with van der Waals surface area (Å²) in [6, 6.07) is 0. The fourth-order valence-corrected chi connectivity index (χ4v) is 6.11. The molecule has 0 amide bonds. The molecule has 1 aliphatic heterocycles. The monoisotopic (exact) mass is 307 g/mol. The van der Waals surface area contributed by atoms with Gasteiger partial charge in [0.2, 0.25) is 0 Å². The van der Waals surface area contributed by atoms with Gasteiger partial charge in [-0.25, -0.2) is 0 Å². The zero-order chi connectivity index (χ0) is 11.4. The van der Waals surface area contributed by atoms with Crippen molar-refractivity contribution in [2.45, 2.75) is 0 Å². The van der Waals surface area contributed by atoms with E-state index in [-0.39, 0.29) is 0 Å². The summed E-state index contributed by atoms with van der Waals surface area (Å²) in [7, 11) is -4.96. The van der Waals surface area contributed by atoms with Crippen molar-refractivity contribution in [1.82, 2.24) is 0 Å². The van der Waals surface area contributed by atoms with E-state index in [1.165, 1.54) is 0 Å². The summed E-state index contributed by atoms with van der Waals surface area (Å²) in [5.74, 6) is 0. The molecule has 0 aromatic carbocycles. The van der Waals surface area contributed by atoms with Crippen LogP contribution in [0.1, 0.15) is 0 Å². The van der Waals surface area contributed by atoms with Crippen LogP contribution in [0.5, 0.6) is 0 Å². The molecule has 0 atom stereocenters. The van der Waals surface area contributed by atoms with E-state index in [4.69, 9.17) is 0 Å². The molecule has 14 heavy (non-hydrogen) atoms. The van der Waals surface area contributed by atoms with E-state index in [0.717, 1.165) is 0 Å². The van der Waals surface area contributed by atoms with E-state index in [0.29, 0.717) is 0 Å². The fourth-order valence-electron chi connectivity index (χ4n) is 0.328. The molecule has 0 bridgehead atoms. The predicted octanol–water partition coefficient (Wildman–Crippen LogP) is -3.45. The van der Waals surface area contributed by atoms with Crippen molar-refractivity contribution < 1.29 is 35.6 Å². The van der Waals surface area contributed by atoms with Gasteiger partial charge in [0.25, 0.3) is 0 Å². The maximum atomic E-state index is 10.0. The van der Waals surface area contributed by atoms with Crippen molar-refractivity contribution in [2.24, 2.45) is 0 Å². The summed E-state index contributed by atoms with van der Waals surface area (Å²) in [4.78, 5) is 0. The van der Waals surface area contributed by atoms with E-state index in [2.05, 4.69) is 8.93 Å². The van der Waals surface area contributed by atoms with Gasteiger partial charge in [-0.05, 0) is 0 Å². The Kier molecular flexibility index (Phi) is 5.56. The second kappa shape index (κ2) is 5.43. The van der Waals surface area contributed by atoms with Gasteiger partial charge in [0.1, 0.15) is 0 Å². The molecule has 0 aliphatic carbocycles. The van der Waals surface area contributed by atoms with Crippen LogP contribution in [0.15, 0.2) is 0 Å². The quantitative estimate of drug-likeness (QED) is 0.316. The number of hydrogen-bond donors (Lipinski definition) is 1. The Labute approximate surface area is 87.9 Å². The van der Waals surface area contributed by atoms with Crippen LogP contribution in [-0.4, -0.2) is 52.8 Å². The number of hydrogen-bond acceptors (Lipinski definition) is 8. The van der Waals surface area contributed by atoms with Crippen LogP contribution < -0.4 is 5.32 Å². The number of quaternary nitrogens is 1. The van der Waals surface area contributed by atoms with Gasteiger partial charge in [0, 0.05) is 0 Å². The standard InChI is InChI=1S/C2H7N.Ga.2H2O4S/c1-3-2;;2*1-5(2,3)4/h3H,1-2H3;;2*(H2,1,2,3,4)/q;+3;;/p-3. The Morgan fingerprint density at radius 1 is 1.36 bits per heavy atom. The molecule has 0 radical (unpaired) electrons. The van der Waals surface area contributed by atoms with Gasteiger partial charge in [-0.2, -0.15) is 0 Å². The van der Waals surface area contributed by atoms with Crippen LogP contribution in [0.2, 0.25) is 0 Å². The summed E-state index contributed by atoms with van der Waals surface area (Å²) in [6.07, 6.45) is 0. The van der Waals surface area contributed by atoms with Crippen LogP contribution in [0.25, 0.3) is 0 Å². The minimum atomic E-state index is -4.92. The molecule has 0 spiro atoms. The second-order valence-electron chi connectivity index (χ2n) is 1.97. The summed E-state index contributed by atoms with van der Waals surface area (Å²) in [5, 5.41) is 2.00. The molecule has 1 heterocycles. The fraction of sp³-hybridized carbons (Fsp3) is 1.00. The zero-order valence-electron chi connectivity index (χ0n) is 7.24. The molecule has 1 rings (SSSR count). The van der Waals surface area contributed by atoms with Crippen molar-refractivity contribution in [2.75, 3.05) is 14.1 Å². The molecule has 9 nitrogen and oxygen atoms in total. The molecule has 0 aromatic rings. The Bertz CT molecular complexity index is 347. The minimum absolute atomic E-state index is 2.00. The predicted molar refractivity (Wildman–Crippen MR) is 41.4 cm³/mol. The van der Waals surface area contributed by atoms with Crippen LogP contribution in [0.4, 0.5) is 0 Å². The summed E-state index contributed by atoms with van der Waals surface area (Å²) < 4.78 is 60.6. The van der Waals surface area contributed by atoms with Gasteiger partial charge in [0.05, 0.1) is 14.1 Å². The first-order valence-electron chi connectivity index (χ1n) is 3.20. The first kappa shape index (κ1) is 14.3. The van der Waals surface area contributed by atoms with Gasteiger partial charge >= 0.3 is 68.4 Å². The molecule has 0 aromatic heterocycles. The summed E-state index contributed by atoms with van der Waals surface area (Å²) in [5.41, 5.74) is 0. The molecule has 0 unspecified atom stereocenters. The van der Waals surface area contributed by atoms with Gasteiger partial charge < -0.3 is 5.32 Å². The first-order chi connectivity index (χ1) is 6.20. The molecule has 1 fully saturated rings. The molecule has 0 saturated carbocycles. The van der Waals surface area contributed by atoms with Crippen LogP contribution >= 0.6 is 0 Å². The Hall–Kier alpha value is 0.336. The second-order valence-corrected chi connectivity index (χ2v) is 9.03. The maximum absolute atomic E-state index is 10.0. The van der Waals surface area contributed by atoms with Gasteiger partial charge in [-0.3, -0.25) is 0 Å². The number of nitrogens with two attached hydrogens (primary N) is 1. The molecule has 12 heteroatoms. The van der Waals surface area contributed by atoms with Crippen molar-refractivity contribution in [3.63, 3.8) is 0 Å². The van der Waals surface area contributed by atoms with Crippen LogP contribution in [-0.2, 0) is 29.7 Å². The first-order valence-corrected chi connectivity index (χ1v) is 8.83. The molecular weight excluding hydrogens is 300 g/mol. The normalized spacial score (nSPS) is 19.2. The van der Waals surface area contributed by atoms with Crippen molar-refractivity contribution >= 4 is 38.1 Å². The molecule has 84 valence electrons. The van der Waals surface area contributed by atoms with E-state index in [1.807, 2.05) is 19.4 Å². The Morgan fingerprint density at radius 2 is 1.71 bits per heavy atom.